The lowest BCUT2D eigenvalue weighted by atomic mass is 10.2. The van der Waals surface area contributed by atoms with Crippen LogP contribution in [-0.4, -0.2) is 17.3 Å². The number of hydrogen-bond acceptors (Lipinski definition) is 3. The number of nitriles is 1. The van der Waals surface area contributed by atoms with Crippen LogP contribution in [0, 0.1) is 11.3 Å². The van der Waals surface area contributed by atoms with E-state index >= 15 is 0 Å². The van der Waals surface area contributed by atoms with Crippen molar-refractivity contribution in [2.75, 3.05) is 6.61 Å². The Hall–Kier alpha value is -2.19. The number of nitrogens with two attached hydrogens (primary N) is 1. The molecule has 2 aromatic rings. The Morgan fingerprint density at radius 2 is 2.33 bits per heavy atom. The van der Waals surface area contributed by atoms with Crippen LogP contribution in [0.15, 0.2) is 24.3 Å². The predicted octanol–water partition coefficient (Wildman–Crippen LogP) is 2.26. The number of aromatic nitrogens is 1. The molecule has 18 heavy (non-hydrogen) atoms. The molecular weight excluding hydrogens is 254 g/mol. The lowest BCUT2D eigenvalue weighted by Crippen LogP contribution is -2.17. The van der Waals surface area contributed by atoms with E-state index in [1.807, 2.05) is 6.07 Å². The number of rotatable bonds is 3. The Morgan fingerprint density at radius 1 is 1.56 bits per heavy atom. The van der Waals surface area contributed by atoms with Gasteiger partial charge in [-0.15, -0.1) is 0 Å². The minimum atomic E-state index is -0.831. The SMILES string of the molecule is N#Cc1cc2c(Cl)cccc2n1CCOC(N)=O. The molecule has 0 fully saturated rings. The Bertz CT molecular complexity index is 643. The van der Waals surface area contributed by atoms with Gasteiger partial charge >= 0.3 is 6.09 Å². The second-order valence-corrected chi connectivity index (χ2v) is 4.04. The van der Waals surface area contributed by atoms with E-state index in [0.717, 1.165) is 10.9 Å². The third-order valence-corrected chi connectivity index (χ3v) is 2.90. The highest BCUT2D eigenvalue weighted by atomic mass is 35.5. The number of hydrogen-bond donors (Lipinski definition) is 1. The van der Waals surface area contributed by atoms with Gasteiger partial charge in [0.05, 0.1) is 12.1 Å². The summed E-state index contributed by atoms with van der Waals surface area (Å²) in [6, 6.07) is 9.21. The largest absolute Gasteiger partial charge is 0.448 e. The lowest BCUT2D eigenvalue weighted by molar-refractivity contribution is 0.152. The highest BCUT2D eigenvalue weighted by Gasteiger charge is 2.10. The fraction of sp³-hybridized carbons (Fsp3) is 0.167. The summed E-state index contributed by atoms with van der Waals surface area (Å²) in [5.41, 5.74) is 6.17. The second-order valence-electron chi connectivity index (χ2n) is 3.63. The van der Waals surface area contributed by atoms with E-state index in [0.29, 0.717) is 17.3 Å². The molecule has 0 saturated heterocycles. The van der Waals surface area contributed by atoms with Crippen LogP contribution in [0.4, 0.5) is 4.79 Å². The van der Waals surface area contributed by atoms with Crippen molar-refractivity contribution in [3.63, 3.8) is 0 Å². The molecule has 5 nitrogen and oxygen atoms in total. The summed E-state index contributed by atoms with van der Waals surface area (Å²) in [5.74, 6) is 0. The molecule has 1 heterocycles. The van der Waals surface area contributed by atoms with Gasteiger partial charge < -0.3 is 15.0 Å². The van der Waals surface area contributed by atoms with Crippen LogP contribution >= 0.6 is 11.6 Å². The van der Waals surface area contributed by atoms with Crippen LogP contribution in [0.1, 0.15) is 5.69 Å². The third kappa shape index (κ3) is 2.24. The smallest absolute Gasteiger partial charge is 0.404 e. The van der Waals surface area contributed by atoms with Crippen LogP contribution in [0.25, 0.3) is 10.9 Å². The summed E-state index contributed by atoms with van der Waals surface area (Å²) in [7, 11) is 0. The first-order chi connectivity index (χ1) is 8.63. The molecule has 6 heteroatoms. The number of primary amides is 1. The van der Waals surface area contributed by atoms with Gasteiger partial charge in [0, 0.05) is 10.4 Å². The zero-order chi connectivity index (χ0) is 13.1. The standard InChI is InChI=1S/C12H10ClN3O2/c13-10-2-1-3-11-9(10)6-8(7-14)16(11)4-5-18-12(15)17/h1-3,6H,4-5H2,(H2,15,17). The summed E-state index contributed by atoms with van der Waals surface area (Å²) < 4.78 is 6.41. The zero-order valence-electron chi connectivity index (χ0n) is 9.39. The molecule has 0 atom stereocenters. The molecule has 0 saturated carbocycles. The van der Waals surface area contributed by atoms with Gasteiger partial charge in [-0.25, -0.2) is 4.79 Å². The molecule has 1 aromatic heterocycles. The van der Waals surface area contributed by atoms with Crippen LogP contribution < -0.4 is 5.73 Å². The van der Waals surface area contributed by atoms with Gasteiger partial charge in [-0.3, -0.25) is 0 Å². The van der Waals surface area contributed by atoms with Crippen molar-refractivity contribution in [3.05, 3.63) is 35.0 Å². The average molecular weight is 264 g/mol. The molecule has 92 valence electrons. The van der Waals surface area contributed by atoms with Gasteiger partial charge in [-0.1, -0.05) is 17.7 Å². The fourth-order valence-electron chi connectivity index (χ4n) is 1.82. The minimum absolute atomic E-state index is 0.111. The van der Waals surface area contributed by atoms with Crippen LogP contribution in [0.2, 0.25) is 5.02 Å². The normalized spacial score (nSPS) is 10.2. The maximum absolute atomic E-state index is 10.5. The number of fused-ring (bicyclic) bond motifs is 1. The monoisotopic (exact) mass is 263 g/mol. The van der Waals surface area contributed by atoms with Crippen molar-refractivity contribution < 1.29 is 9.53 Å². The van der Waals surface area contributed by atoms with E-state index in [9.17, 15) is 4.79 Å². The molecule has 2 rings (SSSR count). The first-order valence-electron chi connectivity index (χ1n) is 5.23. The van der Waals surface area contributed by atoms with Gasteiger partial charge in [-0.2, -0.15) is 5.26 Å². The molecule has 0 unspecified atom stereocenters. The molecular formula is C12H10ClN3O2. The molecule has 0 radical (unpaired) electrons. The highest BCUT2D eigenvalue weighted by molar-refractivity contribution is 6.35. The fourth-order valence-corrected chi connectivity index (χ4v) is 2.04. The number of benzene rings is 1. The van der Waals surface area contributed by atoms with E-state index in [4.69, 9.17) is 22.6 Å². The van der Waals surface area contributed by atoms with Gasteiger partial charge in [0.25, 0.3) is 0 Å². The van der Waals surface area contributed by atoms with E-state index in [2.05, 4.69) is 10.8 Å². The molecule has 0 aliphatic heterocycles. The third-order valence-electron chi connectivity index (χ3n) is 2.57. The molecule has 0 spiro atoms. The zero-order valence-corrected chi connectivity index (χ0v) is 10.1. The first-order valence-corrected chi connectivity index (χ1v) is 5.61. The van der Waals surface area contributed by atoms with Crippen molar-refractivity contribution in [2.45, 2.75) is 6.54 Å². The van der Waals surface area contributed by atoms with Gasteiger partial charge in [0.2, 0.25) is 0 Å². The number of nitrogens with zero attached hydrogens (tertiary/aromatic N) is 2. The summed E-state index contributed by atoms with van der Waals surface area (Å²) >= 11 is 6.06. The molecule has 0 bridgehead atoms. The number of carbonyl (C=O) groups is 1. The van der Waals surface area contributed by atoms with Crippen molar-refractivity contribution in [2.24, 2.45) is 5.73 Å². The van der Waals surface area contributed by atoms with E-state index < -0.39 is 6.09 Å². The molecule has 1 aromatic carbocycles. The van der Waals surface area contributed by atoms with Crippen LogP contribution in [-0.2, 0) is 11.3 Å². The second kappa shape index (κ2) is 4.98. The van der Waals surface area contributed by atoms with E-state index in [-0.39, 0.29) is 6.61 Å². The van der Waals surface area contributed by atoms with Crippen LogP contribution in [0.5, 0.6) is 0 Å². The topological polar surface area (TPSA) is 81.0 Å². The van der Waals surface area contributed by atoms with Gasteiger partial charge in [0.1, 0.15) is 18.4 Å². The summed E-state index contributed by atoms with van der Waals surface area (Å²) in [6.45, 7) is 0.468. The van der Waals surface area contributed by atoms with E-state index in [1.165, 1.54) is 0 Å². The minimum Gasteiger partial charge on any atom is -0.448 e. The number of ether oxygens (including phenoxy) is 1. The highest BCUT2D eigenvalue weighted by Crippen LogP contribution is 2.26. The predicted molar refractivity (Wildman–Crippen MR) is 67.2 cm³/mol. The van der Waals surface area contributed by atoms with Crippen LogP contribution in [0.3, 0.4) is 0 Å². The number of halogens is 1. The maximum atomic E-state index is 10.5. The van der Waals surface area contributed by atoms with Crippen molar-refractivity contribution in [3.8, 4) is 6.07 Å². The molecule has 2 N–H and O–H groups in total. The van der Waals surface area contributed by atoms with Gasteiger partial charge in [0.15, 0.2) is 0 Å². The van der Waals surface area contributed by atoms with E-state index in [1.54, 1.807) is 22.8 Å². The maximum Gasteiger partial charge on any atom is 0.404 e. The van der Waals surface area contributed by atoms with Gasteiger partial charge in [-0.05, 0) is 18.2 Å². The molecule has 0 aliphatic rings. The van der Waals surface area contributed by atoms with Crippen molar-refractivity contribution in [1.82, 2.24) is 4.57 Å². The Morgan fingerprint density at radius 3 is 3.00 bits per heavy atom. The quantitative estimate of drug-likeness (QED) is 0.922. The molecule has 1 amide bonds. The Labute approximate surface area is 108 Å². The first kappa shape index (κ1) is 12.3. The lowest BCUT2D eigenvalue weighted by Gasteiger charge is -2.06. The van der Waals surface area contributed by atoms with Crippen molar-refractivity contribution in [1.29, 1.82) is 5.26 Å². The number of carbonyl (C=O) groups excluding carboxylic acids is 1. The average Bonchev–Trinajstić information content (AvgIpc) is 2.69. The Balaban J connectivity index is 2.39. The van der Waals surface area contributed by atoms with Crippen molar-refractivity contribution >= 4 is 28.6 Å². The summed E-state index contributed by atoms with van der Waals surface area (Å²) in [5, 5.41) is 10.5. The number of amides is 1. The Kier molecular flexibility index (Phi) is 3.40. The summed E-state index contributed by atoms with van der Waals surface area (Å²) in [6.07, 6.45) is -0.831. The summed E-state index contributed by atoms with van der Waals surface area (Å²) in [4.78, 5) is 10.5. The molecule has 0 aliphatic carbocycles.